The zero-order valence-corrected chi connectivity index (χ0v) is 16.3. The Morgan fingerprint density at radius 3 is 1.68 bits per heavy atom. The smallest absolute Gasteiger partial charge is 0.328 e. The van der Waals surface area contributed by atoms with Gasteiger partial charge in [-0.2, -0.15) is 0 Å². The van der Waals surface area contributed by atoms with Crippen LogP contribution in [0.3, 0.4) is 0 Å². The summed E-state index contributed by atoms with van der Waals surface area (Å²) in [6, 6.07) is 25.4. The molecule has 0 aliphatic rings. The van der Waals surface area contributed by atoms with Gasteiger partial charge in [0.25, 0.3) is 0 Å². The van der Waals surface area contributed by atoms with Gasteiger partial charge in [-0.1, -0.05) is 92.6 Å². The summed E-state index contributed by atoms with van der Waals surface area (Å²) in [5.41, 5.74) is 7.00. The lowest BCUT2D eigenvalue weighted by Crippen LogP contribution is -1.86. The van der Waals surface area contributed by atoms with Crippen LogP contribution in [0.25, 0.3) is 28.3 Å². The largest absolute Gasteiger partial charge is 0.478 e. The van der Waals surface area contributed by atoms with Gasteiger partial charge in [0, 0.05) is 6.08 Å². The summed E-state index contributed by atoms with van der Waals surface area (Å²) in [6.45, 7) is 2.23. The van der Waals surface area contributed by atoms with E-state index in [2.05, 4.69) is 55.5 Å². The standard InChI is InChI=1S/C26H26O2/c1-2-3-4-5-20-6-11-22(12-7-20)24-15-17-25(18-16-24)23-13-8-21(9-14-23)10-19-26(27)28/h6-19H,2-5H2,1H3,(H,27,28)/b19-10+. The number of rotatable bonds is 8. The SMILES string of the molecule is CCCCCc1ccc(-c2ccc(-c3ccc(/C=C/C(=O)O)cc3)cc2)cc1. The number of carboxylic acids is 1. The Morgan fingerprint density at radius 2 is 1.21 bits per heavy atom. The fraction of sp³-hybridized carbons (Fsp3) is 0.192. The monoisotopic (exact) mass is 370 g/mol. The number of aryl methyl sites for hydroxylation is 1. The molecule has 0 aliphatic heterocycles. The zero-order chi connectivity index (χ0) is 19.8. The number of hydrogen-bond donors (Lipinski definition) is 1. The Balaban J connectivity index is 1.68. The molecule has 0 amide bonds. The lowest BCUT2D eigenvalue weighted by Gasteiger charge is -2.07. The van der Waals surface area contributed by atoms with E-state index in [9.17, 15) is 4.79 Å². The van der Waals surface area contributed by atoms with E-state index in [-0.39, 0.29) is 0 Å². The summed E-state index contributed by atoms with van der Waals surface area (Å²) in [5.74, 6) is -0.936. The van der Waals surface area contributed by atoms with Crippen molar-refractivity contribution in [3.8, 4) is 22.3 Å². The van der Waals surface area contributed by atoms with E-state index >= 15 is 0 Å². The van der Waals surface area contributed by atoms with E-state index < -0.39 is 5.97 Å². The highest BCUT2D eigenvalue weighted by Gasteiger charge is 2.02. The topological polar surface area (TPSA) is 37.3 Å². The van der Waals surface area contributed by atoms with Crippen LogP contribution in [0.4, 0.5) is 0 Å². The molecular formula is C26H26O2. The summed E-state index contributed by atoms with van der Waals surface area (Å²) >= 11 is 0. The van der Waals surface area contributed by atoms with Crippen molar-refractivity contribution in [3.63, 3.8) is 0 Å². The Bertz CT molecular complexity index is 918. The van der Waals surface area contributed by atoms with E-state index in [1.807, 2.05) is 24.3 Å². The third-order valence-electron chi connectivity index (χ3n) is 4.90. The number of hydrogen-bond acceptors (Lipinski definition) is 1. The van der Waals surface area contributed by atoms with Crippen LogP contribution < -0.4 is 0 Å². The van der Waals surface area contributed by atoms with Crippen LogP contribution >= 0.6 is 0 Å². The van der Waals surface area contributed by atoms with Crippen LogP contribution in [-0.4, -0.2) is 11.1 Å². The third kappa shape index (κ3) is 5.43. The molecule has 28 heavy (non-hydrogen) atoms. The predicted molar refractivity (Wildman–Crippen MR) is 117 cm³/mol. The van der Waals surface area contributed by atoms with Crippen LogP contribution in [-0.2, 0) is 11.2 Å². The van der Waals surface area contributed by atoms with E-state index in [1.54, 1.807) is 6.08 Å². The van der Waals surface area contributed by atoms with Crippen LogP contribution in [0.15, 0.2) is 78.9 Å². The molecule has 2 nitrogen and oxygen atoms in total. The Hall–Kier alpha value is -3.13. The van der Waals surface area contributed by atoms with Gasteiger partial charge in [0.15, 0.2) is 0 Å². The molecule has 3 aromatic rings. The molecule has 0 atom stereocenters. The molecule has 0 saturated carbocycles. The first-order valence-electron chi connectivity index (χ1n) is 9.86. The van der Waals surface area contributed by atoms with E-state index in [1.165, 1.54) is 36.0 Å². The number of unbranched alkanes of at least 4 members (excludes halogenated alkanes) is 2. The summed E-state index contributed by atoms with van der Waals surface area (Å²) in [4.78, 5) is 10.6. The normalized spacial score (nSPS) is 11.0. The van der Waals surface area contributed by atoms with Crippen molar-refractivity contribution < 1.29 is 9.90 Å². The molecule has 0 unspecified atom stereocenters. The molecule has 0 heterocycles. The summed E-state index contributed by atoms with van der Waals surface area (Å²) in [7, 11) is 0. The molecule has 0 bridgehead atoms. The van der Waals surface area contributed by atoms with Crippen LogP contribution in [0.5, 0.6) is 0 Å². The molecule has 2 heteroatoms. The second kappa shape index (κ2) is 9.70. The maximum atomic E-state index is 10.6. The Morgan fingerprint density at radius 1 is 0.750 bits per heavy atom. The molecule has 0 fully saturated rings. The second-order valence-corrected chi connectivity index (χ2v) is 7.02. The van der Waals surface area contributed by atoms with E-state index in [4.69, 9.17) is 5.11 Å². The summed E-state index contributed by atoms with van der Waals surface area (Å²) < 4.78 is 0. The molecule has 3 rings (SSSR count). The number of aliphatic carboxylic acids is 1. The highest BCUT2D eigenvalue weighted by atomic mass is 16.4. The quantitative estimate of drug-likeness (QED) is 0.348. The first-order valence-corrected chi connectivity index (χ1v) is 9.86. The van der Waals surface area contributed by atoms with Gasteiger partial charge in [-0.05, 0) is 52.3 Å². The number of benzene rings is 3. The summed E-state index contributed by atoms with van der Waals surface area (Å²) in [5, 5.41) is 8.70. The van der Waals surface area contributed by atoms with Crippen molar-refractivity contribution in [2.45, 2.75) is 32.6 Å². The number of carbonyl (C=O) groups is 1. The van der Waals surface area contributed by atoms with Crippen LogP contribution in [0, 0.1) is 0 Å². The molecule has 0 spiro atoms. The fourth-order valence-electron chi connectivity index (χ4n) is 3.25. The van der Waals surface area contributed by atoms with Crippen molar-refractivity contribution >= 4 is 12.0 Å². The average molecular weight is 370 g/mol. The van der Waals surface area contributed by atoms with Gasteiger partial charge in [-0.15, -0.1) is 0 Å². The van der Waals surface area contributed by atoms with Gasteiger partial charge in [-0.25, -0.2) is 4.79 Å². The lowest BCUT2D eigenvalue weighted by molar-refractivity contribution is -0.131. The van der Waals surface area contributed by atoms with E-state index in [0.29, 0.717) is 0 Å². The van der Waals surface area contributed by atoms with Gasteiger partial charge in [-0.3, -0.25) is 0 Å². The highest BCUT2D eigenvalue weighted by molar-refractivity contribution is 5.85. The first kappa shape index (κ1) is 19.6. The fourth-order valence-corrected chi connectivity index (χ4v) is 3.25. The maximum absolute atomic E-state index is 10.6. The van der Waals surface area contributed by atoms with Gasteiger partial charge in [0.2, 0.25) is 0 Å². The Kier molecular flexibility index (Phi) is 6.80. The van der Waals surface area contributed by atoms with Crippen LogP contribution in [0.1, 0.15) is 37.3 Å². The molecule has 0 radical (unpaired) electrons. The third-order valence-corrected chi connectivity index (χ3v) is 4.90. The lowest BCUT2D eigenvalue weighted by atomic mass is 9.98. The molecule has 0 aliphatic carbocycles. The number of carboxylic acid groups (broad SMARTS) is 1. The Labute approximate surface area is 167 Å². The zero-order valence-electron chi connectivity index (χ0n) is 16.3. The molecule has 3 aromatic carbocycles. The van der Waals surface area contributed by atoms with Crippen molar-refractivity contribution in [2.24, 2.45) is 0 Å². The minimum absolute atomic E-state index is 0.877. The van der Waals surface area contributed by atoms with Gasteiger partial charge in [0.05, 0.1) is 0 Å². The van der Waals surface area contributed by atoms with Gasteiger partial charge >= 0.3 is 5.97 Å². The van der Waals surface area contributed by atoms with Crippen molar-refractivity contribution in [3.05, 3.63) is 90.0 Å². The average Bonchev–Trinajstić information content (AvgIpc) is 2.73. The molecular weight excluding hydrogens is 344 g/mol. The van der Waals surface area contributed by atoms with Crippen molar-refractivity contribution in [2.75, 3.05) is 0 Å². The molecule has 0 aromatic heterocycles. The first-order chi connectivity index (χ1) is 13.7. The van der Waals surface area contributed by atoms with Crippen molar-refractivity contribution in [1.29, 1.82) is 0 Å². The maximum Gasteiger partial charge on any atom is 0.328 e. The molecule has 1 N–H and O–H groups in total. The minimum atomic E-state index is -0.936. The second-order valence-electron chi connectivity index (χ2n) is 7.02. The van der Waals surface area contributed by atoms with Gasteiger partial charge < -0.3 is 5.11 Å². The highest BCUT2D eigenvalue weighted by Crippen LogP contribution is 2.26. The minimum Gasteiger partial charge on any atom is -0.478 e. The van der Waals surface area contributed by atoms with Gasteiger partial charge in [0.1, 0.15) is 0 Å². The van der Waals surface area contributed by atoms with Crippen molar-refractivity contribution in [1.82, 2.24) is 0 Å². The van der Waals surface area contributed by atoms with Crippen LogP contribution in [0.2, 0.25) is 0 Å². The predicted octanol–water partition coefficient (Wildman–Crippen LogP) is 6.85. The summed E-state index contributed by atoms with van der Waals surface area (Å²) in [6.07, 6.45) is 7.71. The molecule has 142 valence electrons. The van der Waals surface area contributed by atoms with E-state index in [0.717, 1.165) is 29.2 Å². The molecule has 0 saturated heterocycles.